The Morgan fingerprint density at radius 3 is 2.19 bits per heavy atom. The molecule has 1 unspecified atom stereocenters. The van der Waals surface area contributed by atoms with Gasteiger partial charge < -0.3 is 10.8 Å². The van der Waals surface area contributed by atoms with Crippen LogP contribution in [0, 0.1) is 17.5 Å². The molecule has 1 aromatic rings. The Hall–Kier alpha value is -1.56. The summed E-state index contributed by atoms with van der Waals surface area (Å²) >= 11 is 0. The van der Waals surface area contributed by atoms with Crippen molar-refractivity contribution in [3.05, 3.63) is 35.1 Å². The SMILES string of the molecule is C[C@@H](N)C(C(=O)O)c1cc(F)c(F)cc1F. The molecule has 0 fully saturated rings. The Morgan fingerprint density at radius 1 is 1.25 bits per heavy atom. The van der Waals surface area contributed by atoms with Gasteiger partial charge >= 0.3 is 5.97 Å². The zero-order chi connectivity index (χ0) is 12.5. The molecule has 1 rings (SSSR count). The number of nitrogens with two attached hydrogens (primary N) is 1. The molecule has 1 aromatic carbocycles. The molecular weight excluding hydrogens is 223 g/mol. The fourth-order valence-electron chi connectivity index (χ4n) is 1.42. The van der Waals surface area contributed by atoms with Gasteiger partial charge in [-0.05, 0) is 13.0 Å². The van der Waals surface area contributed by atoms with Crippen molar-refractivity contribution in [1.29, 1.82) is 0 Å². The van der Waals surface area contributed by atoms with E-state index in [1.807, 2.05) is 0 Å². The van der Waals surface area contributed by atoms with Crippen molar-refractivity contribution in [3.63, 3.8) is 0 Å². The highest BCUT2D eigenvalue weighted by atomic mass is 19.2. The fourth-order valence-corrected chi connectivity index (χ4v) is 1.42. The number of carboxylic acids is 1. The van der Waals surface area contributed by atoms with Gasteiger partial charge in [-0.1, -0.05) is 0 Å². The van der Waals surface area contributed by atoms with Crippen molar-refractivity contribution in [2.75, 3.05) is 0 Å². The summed E-state index contributed by atoms with van der Waals surface area (Å²) in [5.41, 5.74) is 4.91. The third-order valence-corrected chi connectivity index (χ3v) is 2.17. The number of benzene rings is 1. The number of hydrogen-bond donors (Lipinski definition) is 2. The summed E-state index contributed by atoms with van der Waals surface area (Å²) in [6, 6.07) is -0.0904. The monoisotopic (exact) mass is 233 g/mol. The smallest absolute Gasteiger partial charge is 0.312 e. The minimum atomic E-state index is -1.41. The fraction of sp³-hybridized carbons (Fsp3) is 0.300. The van der Waals surface area contributed by atoms with Gasteiger partial charge in [-0.15, -0.1) is 0 Å². The Kier molecular flexibility index (Phi) is 3.54. The van der Waals surface area contributed by atoms with E-state index in [-0.39, 0.29) is 0 Å². The van der Waals surface area contributed by atoms with Crippen LogP contribution in [0.2, 0.25) is 0 Å². The number of carbonyl (C=O) groups is 1. The molecule has 0 heterocycles. The highest BCUT2D eigenvalue weighted by Crippen LogP contribution is 2.24. The summed E-state index contributed by atoms with van der Waals surface area (Å²) < 4.78 is 38.8. The maximum atomic E-state index is 13.3. The molecule has 0 aliphatic carbocycles. The van der Waals surface area contributed by atoms with Crippen LogP contribution in [0.25, 0.3) is 0 Å². The van der Waals surface area contributed by atoms with E-state index in [9.17, 15) is 18.0 Å². The van der Waals surface area contributed by atoms with Gasteiger partial charge in [0, 0.05) is 17.7 Å². The Labute approximate surface area is 89.7 Å². The van der Waals surface area contributed by atoms with E-state index in [1.54, 1.807) is 0 Å². The average Bonchev–Trinajstić information content (AvgIpc) is 2.12. The summed E-state index contributed by atoms with van der Waals surface area (Å²) in [7, 11) is 0. The van der Waals surface area contributed by atoms with E-state index < -0.39 is 40.9 Å². The van der Waals surface area contributed by atoms with Crippen LogP contribution in [-0.2, 0) is 4.79 Å². The summed E-state index contributed by atoms with van der Waals surface area (Å²) in [6.45, 7) is 1.35. The van der Waals surface area contributed by atoms with Crippen LogP contribution in [0.4, 0.5) is 13.2 Å². The number of carboxylic acid groups (broad SMARTS) is 1. The Morgan fingerprint density at radius 2 is 1.75 bits per heavy atom. The predicted octanol–water partition coefficient (Wildman–Crippen LogP) is 1.62. The molecule has 0 aromatic heterocycles. The van der Waals surface area contributed by atoms with Crippen molar-refractivity contribution in [1.82, 2.24) is 0 Å². The molecule has 0 saturated carbocycles. The lowest BCUT2D eigenvalue weighted by molar-refractivity contribution is -0.139. The summed E-state index contributed by atoms with van der Waals surface area (Å²) in [5.74, 6) is -6.59. The molecule has 0 radical (unpaired) electrons. The van der Waals surface area contributed by atoms with Crippen LogP contribution in [0.15, 0.2) is 12.1 Å². The summed E-state index contributed by atoms with van der Waals surface area (Å²) in [4.78, 5) is 10.8. The largest absolute Gasteiger partial charge is 0.481 e. The van der Waals surface area contributed by atoms with E-state index in [4.69, 9.17) is 10.8 Å². The highest BCUT2D eigenvalue weighted by molar-refractivity contribution is 5.77. The second kappa shape index (κ2) is 4.52. The first-order valence-electron chi connectivity index (χ1n) is 4.47. The van der Waals surface area contributed by atoms with E-state index in [0.717, 1.165) is 0 Å². The molecule has 3 nitrogen and oxygen atoms in total. The lowest BCUT2D eigenvalue weighted by Gasteiger charge is -2.17. The molecular formula is C10H10F3NO2. The topological polar surface area (TPSA) is 63.3 Å². The number of hydrogen-bond acceptors (Lipinski definition) is 2. The van der Waals surface area contributed by atoms with Crippen LogP contribution in [0.3, 0.4) is 0 Å². The van der Waals surface area contributed by atoms with Gasteiger partial charge in [0.15, 0.2) is 11.6 Å². The average molecular weight is 233 g/mol. The van der Waals surface area contributed by atoms with Crippen molar-refractivity contribution >= 4 is 5.97 Å². The first-order valence-corrected chi connectivity index (χ1v) is 4.47. The van der Waals surface area contributed by atoms with Gasteiger partial charge in [-0.2, -0.15) is 0 Å². The lowest BCUT2D eigenvalue weighted by Crippen LogP contribution is -2.31. The summed E-state index contributed by atoms with van der Waals surface area (Å²) in [5, 5.41) is 8.82. The van der Waals surface area contributed by atoms with Crippen LogP contribution >= 0.6 is 0 Å². The zero-order valence-corrected chi connectivity index (χ0v) is 8.38. The molecule has 6 heteroatoms. The standard InChI is InChI=1S/C10H10F3NO2/c1-4(14)9(10(15)16)5-2-7(12)8(13)3-6(5)11/h2-4,9H,14H2,1H3,(H,15,16)/t4-,9?/m1/s1. The van der Waals surface area contributed by atoms with Gasteiger partial charge in [0.1, 0.15) is 5.82 Å². The molecule has 0 bridgehead atoms. The second-order valence-corrected chi connectivity index (χ2v) is 3.46. The summed E-state index contributed by atoms with van der Waals surface area (Å²) in [6.07, 6.45) is 0. The maximum absolute atomic E-state index is 13.3. The molecule has 0 spiro atoms. The Bertz CT molecular complexity index is 421. The van der Waals surface area contributed by atoms with Crippen molar-refractivity contribution in [3.8, 4) is 0 Å². The van der Waals surface area contributed by atoms with E-state index in [2.05, 4.69) is 0 Å². The number of halogens is 3. The van der Waals surface area contributed by atoms with Crippen LogP contribution in [0.1, 0.15) is 18.4 Å². The van der Waals surface area contributed by atoms with E-state index in [0.29, 0.717) is 12.1 Å². The lowest BCUT2D eigenvalue weighted by atomic mass is 9.92. The predicted molar refractivity (Wildman–Crippen MR) is 50.3 cm³/mol. The third kappa shape index (κ3) is 2.33. The molecule has 88 valence electrons. The van der Waals surface area contributed by atoms with Crippen LogP contribution in [0.5, 0.6) is 0 Å². The van der Waals surface area contributed by atoms with Gasteiger partial charge in [-0.25, -0.2) is 13.2 Å². The van der Waals surface area contributed by atoms with Gasteiger partial charge in [0.25, 0.3) is 0 Å². The van der Waals surface area contributed by atoms with Crippen molar-refractivity contribution in [2.45, 2.75) is 18.9 Å². The second-order valence-electron chi connectivity index (χ2n) is 3.46. The molecule has 3 N–H and O–H groups in total. The zero-order valence-electron chi connectivity index (χ0n) is 8.38. The van der Waals surface area contributed by atoms with E-state index >= 15 is 0 Å². The van der Waals surface area contributed by atoms with Crippen molar-refractivity contribution in [2.24, 2.45) is 5.73 Å². The first-order chi connectivity index (χ1) is 7.34. The molecule has 0 aliphatic heterocycles. The van der Waals surface area contributed by atoms with E-state index in [1.165, 1.54) is 6.92 Å². The van der Waals surface area contributed by atoms with Gasteiger partial charge in [0.05, 0.1) is 5.92 Å². The Balaban J connectivity index is 3.30. The normalized spacial score (nSPS) is 14.6. The van der Waals surface area contributed by atoms with Crippen LogP contribution < -0.4 is 5.73 Å². The number of aliphatic carboxylic acids is 1. The molecule has 2 atom stereocenters. The highest BCUT2D eigenvalue weighted by Gasteiger charge is 2.28. The molecule has 0 amide bonds. The van der Waals surface area contributed by atoms with Crippen LogP contribution in [-0.4, -0.2) is 17.1 Å². The van der Waals surface area contributed by atoms with Gasteiger partial charge in [0.2, 0.25) is 0 Å². The maximum Gasteiger partial charge on any atom is 0.312 e. The third-order valence-electron chi connectivity index (χ3n) is 2.17. The van der Waals surface area contributed by atoms with Crippen molar-refractivity contribution < 1.29 is 23.1 Å². The quantitative estimate of drug-likeness (QED) is 0.780. The molecule has 0 aliphatic rings. The van der Waals surface area contributed by atoms with Gasteiger partial charge in [-0.3, -0.25) is 4.79 Å². The molecule has 0 saturated heterocycles. The molecule has 16 heavy (non-hydrogen) atoms. The number of rotatable bonds is 3. The minimum absolute atomic E-state index is 0.309. The minimum Gasteiger partial charge on any atom is -0.481 e. The first kappa shape index (κ1) is 12.5.